The van der Waals surface area contributed by atoms with Gasteiger partial charge in [-0.2, -0.15) is 0 Å². The summed E-state index contributed by atoms with van der Waals surface area (Å²) in [7, 11) is 0. The van der Waals surface area contributed by atoms with Crippen molar-refractivity contribution in [2.24, 2.45) is 0 Å². The fraction of sp³-hybridized carbons (Fsp3) is 0.409. The molecule has 0 saturated carbocycles. The van der Waals surface area contributed by atoms with E-state index in [2.05, 4.69) is 6.07 Å². The van der Waals surface area contributed by atoms with Crippen molar-refractivity contribution in [3.05, 3.63) is 53.1 Å². The van der Waals surface area contributed by atoms with Crippen LogP contribution in [0, 0.1) is 0 Å². The summed E-state index contributed by atoms with van der Waals surface area (Å²) in [5, 5.41) is 0. The van der Waals surface area contributed by atoms with E-state index < -0.39 is 0 Å². The van der Waals surface area contributed by atoms with Crippen molar-refractivity contribution < 1.29 is 19.0 Å². The first-order valence-corrected chi connectivity index (χ1v) is 9.60. The Kier molecular flexibility index (Phi) is 6.22. The van der Waals surface area contributed by atoms with Crippen LogP contribution >= 0.6 is 0 Å². The Labute approximate surface area is 160 Å². The molecule has 5 nitrogen and oxygen atoms in total. The van der Waals surface area contributed by atoms with Crippen molar-refractivity contribution in [2.45, 2.75) is 33.7 Å². The molecule has 0 saturated heterocycles. The van der Waals surface area contributed by atoms with Crippen molar-refractivity contribution in [1.82, 2.24) is 4.90 Å². The molecule has 0 aromatic heterocycles. The molecule has 0 spiro atoms. The summed E-state index contributed by atoms with van der Waals surface area (Å²) >= 11 is 0. The number of fused-ring (bicyclic) bond motifs is 1. The molecule has 1 amide bonds. The number of carbonyl (C=O) groups excluding carboxylic acids is 1. The Hall–Kier alpha value is -2.69. The van der Waals surface area contributed by atoms with Gasteiger partial charge >= 0.3 is 0 Å². The van der Waals surface area contributed by atoms with Gasteiger partial charge in [-0.15, -0.1) is 0 Å². The van der Waals surface area contributed by atoms with Gasteiger partial charge in [-0.1, -0.05) is 12.1 Å². The van der Waals surface area contributed by atoms with Crippen molar-refractivity contribution in [2.75, 3.05) is 26.4 Å². The monoisotopic (exact) mass is 369 g/mol. The van der Waals surface area contributed by atoms with Gasteiger partial charge in [0.05, 0.1) is 25.4 Å². The van der Waals surface area contributed by atoms with Crippen LogP contribution in [0.5, 0.6) is 17.2 Å². The molecule has 1 aliphatic heterocycles. The summed E-state index contributed by atoms with van der Waals surface area (Å²) in [6.07, 6.45) is 0.796. The molecule has 5 heteroatoms. The van der Waals surface area contributed by atoms with E-state index in [1.54, 1.807) is 0 Å². The van der Waals surface area contributed by atoms with E-state index >= 15 is 0 Å². The molecule has 0 radical (unpaired) electrons. The van der Waals surface area contributed by atoms with Crippen LogP contribution in [0.4, 0.5) is 0 Å². The molecule has 1 aliphatic rings. The minimum atomic E-state index is -0.00320. The number of hydrogen-bond donors (Lipinski definition) is 0. The number of nitrogens with zero attached hydrogens (tertiary/aromatic N) is 1. The zero-order valence-electron chi connectivity index (χ0n) is 16.3. The second-order valence-electron chi connectivity index (χ2n) is 6.34. The van der Waals surface area contributed by atoms with E-state index in [1.165, 1.54) is 5.56 Å². The molecule has 27 heavy (non-hydrogen) atoms. The molecule has 3 rings (SSSR count). The molecule has 0 atom stereocenters. The summed E-state index contributed by atoms with van der Waals surface area (Å²) < 4.78 is 17.1. The molecule has 0 N–H and O–H groups in total. The molecular formula is C22H27NO4. The highest BCUT2D eigenvalue weighted by Crippen LogP contribution is 2.34. The third-order valence-corrected chi connectivity index (χ3v) is 4.58. The number of rotatable bonds is 7. The van der Waals surface area contributed by atoms with Crippen LogP contribution in [0.1, 0.15) is 42.3 Å². The lowest BCUT2D eigenvalue weighted by Crippen LogP contribution is -2.36. The number of hydrogen-bond acceptors (Lipinski definition) is 4. The van der Waals surface area contributed by atoms with Gasteiger partial charge < -0.3 is 19.1 Å². The van der Waals surface area contributed by atoms with Crippen LogP contribution < -0.4 is 14.2 Å². The Balaban J connectivity index is 1.85. The van der Waals surface area contributed by atoms with Crippen LogP contribution in [-0.4, -0.2) is 37.2 Å². The van der Waals surface area contributed by atoms with Crippen molar-refractivity contribution >= 4 is 5.91 Å². The highest BCUT2D eigenvalue weighted by Gasteiger charge is 2.25. The summed E-state index contributed by atoms with van der Waals surface area (Å²) in [4.78, 5) is 14.9. The van der Waals surface area contributed by atoms with Gasteiger partial charge in [0.1, 0.15) is 5.75 Å². The second kappa shape index (κ2) is 8.80. The fourth-order valence-electron chi connectivity index (χ4n) is 3.37. The number of carbonyl (C=O) groups is 1. The number of ether oxygens (including phenoxy) is 3. The van der Waals surface area contributed by atoms with Crippen LogP contribution in [0.25, 0.3) is 0 Å². The quantitative estimate of drug-likeness (QED) is 0.738. The minimum absolute atomic E-state index is 0.00320. The Bertz CT molecular complexity index is 803. The highest BCUT2D eigenvalue weighted by molar-refractivity contribution is 5.97. The topological polar surface area (TPSA) is 48.0 Å². The average Bonchev–Trinajstić information content (AvgIpc) is 2.68. The second-order valence-corrected chi connectivity index (χ2v) is 6.34. The Morgan fingerprint density at radius 2 is 1.48 bits per heavy atom. The number of amides is 1. The van der Waals surface area contributed by atoms with Crippen molar-refractivity contribution in [1.29, 1.82) is 0 Å². The number of benzene rings is 2. The van der Waals surface area contributed by atoms with E-state index in [1.807, 2.05) is 56.0 Å². The molecule has 0 aliphatic carbocycles. The van der Waals surface area contributed by atoms with Crippen LogP contribution in [0.15, 0.2) is 36.4 Å². The summed E-state index contributed by atoms with van der Waals surface area (Å²) in [6.45, 7) is 8.77. The molecule has 144 valence electrons. The van der Waals surface area contributed by atoms with Gasteiger partial charge in [-0.05, 0) is 62.6 Å². The van der Waals surface area contributed by atoms with E-state index in [9.17, 15) is 4.79 Å². The summed E-state index contributed by atoms with van der Waals surface area (Å²) in [6, 6.07) is 11.5. The first-order valence-electron chi connectivity index (χ1n) is 9.60. The molecule has 0 bridgehead atoms. The van der Waals surface area contributed by atoms with Crippen molar-refractivity contribution in [3.63, 3.8) is 0 Å². The molecule has 0 fully saturated rings. The smallest absolute Gasteiger partial charge is 0.257 e. The predicted molar refractivity (Wildman–Crippen MR) is 105 cm³/mol. The molecule has 2 aromatic carbocycles. The van der Waals surface area contributed by atoms with Crippen LogP contribution in [-0.2, 0) is 13.0 Å². The van der Waals surface area contributed by atoms with E-state index in [4.69, 9.17) is 14.2 Å². The number of para-hydroxylation sites is 1. The Morgan fingerprint density at radius 1 is 0.889 bits per heavy atom. The van der Waals surface area contributed by atoms with Gasteiger partial charge in [-0.3, -0.25) is 4.79 Å². The predicted octanol–water partition coefficient (Wildman–Crippen LogP) is 4.08. The maximum atomic E-state index is 13.1. The third-order valence-electron chi connectivity index (χ3n) is 4.58. The van der Waals surface area contributed by atoms with Gasteiger partial charge in [0.2, 0.25) is 0 Å². The zero-order chi connectivity index (χ0) is 19.2. The van der Waals surface area contributed by atoms with Crippen molar-refractivity contribution in [3.8, 4) is 17.2 Å². The van der Waals surface area contributed by atoms with Crippen LogP contribution in [0.3, 0.4) is 0 Å². The first-order chi connectivity index (χ1) is 13.2. The maximum absolute atomic E-state index is 13.1. The molecule has 2 aromatic rings. The minimum Gasteiger partial charge on any atom is -0.493 e. The van der Waals surface area contributed by atoms with E-state index in [0.29, 0.717) is 44.2 Å². The van der Waals surface area contributed by atoms with E-state index in [0.717, 1.165) is 23.5 Å². The highest BCUT2D eigenvalue weighted by atomic mass is 16.5. The first kappa shape index (κ1) is 19.1. The summed E-state index contributed by atoms with van der Waals surface area (Å²) in [5.41, 5.74) is 2.93. The maximum Gasteiger partial charge on any atom is 0.257 e. The lowest BCUT2D eigenvalue weighted by Gasteiger charge is -2.30. The third kappa shape index (κ3) is 4.18. The SMILES string of the molecule is CCOc1cc2c(cc1OCC)CN(C(=O)c1ccccc1OCC)CC2. The summed E-state index contributed by atoms with van der Waals surface area (Å²) in [5.74, 6) is 2.15. The van der Waals surface area contributed by atoms with Gasteiger partial charge in [0.15, 0.2) is 11.5 Å². The van der Waals surface area contributed by atoms with Gasteiger partial charge in [0.25, 0.3) is 5.91 Å². The Morgan fingerprint density at radius 3 is 2.15 bits per heavy atom. The molecular weight excluding hydrogens is 342 g/mol. The normalized spacial score (nSPS) is 13.1. The zero-order valence-corrected chi connectivity index (χ0v) is 16.3. The average molecular weight is 369 g/mol. The lowest BCUT2D eigenvalue weighted by atomic mass is 9.98. The largest absolute Gasteiger partial charge is 0.493 e. The van der Waals surface area contributed by atoms with Crippen LogP contribution in [0.2, 0.25) is 0 Å². The molecule has 0 unspecified atom stereocenters. The molecule has 1 heterocycles. The van der Waals surface area contributed by atoms with E-state index in [-0.39, 0.29) is 5.91 Å². The lowest BCUT2D eigenvalue weighted by molar-refractivity contribution is 0.0730. The van der Waals surface area contributed by atoms with Gasteiger partial charge in [-0.25, -0.2) is 0 Å². The standard InChI is InChI=1S/C22H27NO4/c1-4-25-19-10-8-7-9-18(19)22(24)23-12-11-16-13-20(26-5-2)21(27-6-3)14-17(16)15-23/h7-10,13-14H,4-6,11-12,15H2,1-3H3. The fourth-order valence-corrected chi connectivity index (χ4v) is 3.37. The van der Waals surface area contributed by atoms with Gasteiger partial charge in [0, 0.05) is 13.1 Å².